The Morgan fingerprint density at radius 1 is 1.22 bits per heavy atom. The van der Waals surface area contributed by atoms with Crippen molar-refractivity contribution < 1.29 is 0 Å². The maximum absolute atomic E-state index is 3.94. The van der Waals surface area contributed by atoms with Crippen LogP contribution in [0.25, 0.3) is 0 Å². The van der Waals surface area contributed by atoms with Crippen molar-refractivity contribution in [2.45, 2.75) is 4.90 Å². The molecule has 0 fully saturated rings. The molecule has 1 unspecified atom stereocenters. The first-order chi connectivity index (χ1) is 4.30. The molecular formula is C8H10S. The summed E-state index contributed by atoms with van der Waals surface area (Å²) in [7, 11) is 0.171. The van der Waals surface area contributed by atoms with Crippen molar-refractivity contribution in [1.29, 1.82) is 0 Å². The molecule has 0 saturated heterocycles. The molecule has 1 aromatic carbocycles. The fourth-order valence-corrected chi connectivity index (χ4v) is 1.27. The van der Waals surface area contributed by atoms with E-state index in [-0.39, 0.29) is 10.5 Å². The first-order valence-electron chi connectivity index (χ1n) is 2.81. The summed E-state index contributed by atoms with van der Waals surface area (Å²) >= 11 is 0. The second-order valence-electron chi connectivity index (χ2n) is 1.95. The Balaban J connectivity index is 2.98. The fourth-order valence-electron chi connectivity index (χ4n) is 0.653. The normalized spacial score (nSPS) is 13.0. The van der Waals surface area contributed by atoms with Crippen LogP contribution in [-0.4, -0.2) is 12.1 Å². The van der Waals surface area contributed by atoms with E-state index in [1.165, 1.54) is 4.90 Å². The van der Waals surface area contributed by atoms with Crippen LogP contribution in [0.15, 0.2) is 35.2 Å². The fraction of sp³-hybridized carbons (Fsp3) is 0.125. The monoisotopic (exact) mass is 138 g/mol. The third kappa shape index (κ3) is 1.68. The Labute approximate surface area is 58.5 Å². The summed E-state index contributed by atoms with van der Waals surface area (Å²) in [6.07, 6.45) is 2.12. The average Bonchev–Trinajstić information content (AvgIpc) is 1.90. The Kier molecular flexibility index (Phi) is 2.06. The van der Waals surface area contributed by atoms with Crippen LogP contribution < -0.4 is 0 Å². The van der Waals surface area contributed by atoms with Crippen molar-refractivity contribution in [1.82, 2.24) is 0 Å². The van der Waals surface area contributed by atoms with Gasteiger partial charge in [0.2, 0.25) is 0 Å². The molecule has 0 bridgehead atoms. The van der Waals surface area contributed by atoms with Crippen LogP contribution in [0.3, 0.4) is 0 Å². The molecule has 9 heavy (non-hydrogen) atoms. The van der Waals surface area contributed by atoms with Gasteiger partial charge in [0.1, 0.15) is 0 Å². The van der Waals surface area contributed by atoms with Crippen LogP contribution in [0.4, 0.5) is 0 Å². The van der Waals surface area contributed by atoms with E-state index in [0.29, 0.717) is 0 Å². The second-order valence-corrected chi connectivity index (χ2v) is 3.70. The average molecular weight is 138 g/mol. The highest BCUT2D eigenvalue weighted by Crippen LogP contribution is 2.18. The van der Waals surface area contributed by atoms with E-state index >= 15 is 0 Å². The van der Waals surface area contributed by atoms with Crippen molar-refractivity contribution >= 4 is 16.4 Å². The summed E-state index contributed by atoms with van der Waals surface area (Å²) in [5, 5.41) is 0. The Hall–Kier alpha value is -0.560. The van der Waals surface area contributed by atoms with Crippen LogP contribution >= 0.6 is 10.5 Å². The van der Waals surface area contributed by atoms with Crippen molar-refractivity contribution in [3.63, 3.8) is 0 Å². The lowest BCUT2D eigenvalue weighted by Gasteiger charge is -1.96. The third-order valence-electron chi connectivity index (χ3n) is 1.15. The summed E-state index contributed by atoms with van der Waals surface area (Å²) in [6, 6.07) is 10.3. The van der Waals surface area contributed by atoms with Crippen molar-refractivity contribution in [2.75, 3.05) is 6.26 Å². The third-order valence-corrected chi connectivity index (χ3v) is 2.22. The van der Waals surface area contributed by atoms with Gasteiger partial charge in [-0.2, -0.15) is 10.5 Å². The van der Waals surface area contributed by atoms with E-state index < -0.39 is 0 Å². The van der Waals surface area contributed by atoms with Gasteiger partial charge in [-0.1, -0.05) is 24.1 Å². The minimum Gasteiger partial charge on any atom is -0.165 e. The molecule has 1 atom stereocenters. The summed E-state index contributed by atoms with van der Waals surface area (Å²) in [5.74, 6) is 3.94. The number of benzene rings is 1. The first-order valence-corrected chi connectivity index (χ1v) is 4.61. The molecule has 0 aliphatic rings. The van der Waals surface area contributed by atoms with E-state index in [4.69, 9.17) is 0 Å². The summed E-state index contributed by atoms with van der Waals surface area (Å²) < 4.78 is 0. The Bertz CT molecular complexity index is 201. The van der Waals surface area contributed by atoms with Crippen LogP contribution in [0, 0.1) is 0 Å². The van der Waals surface area contributed by atoms with Crippen LogP contribution in [0.1, 0.15) is 0 Å². The molecule has 0 heterocycles. The highest BCUT2D eigenvalue weighted by atomic mass is 32.2. The lowest BCUT2D eigenvalue weighted by molar-refractivity contribution is 1.47. The topological polar surface area (TPSA) is 0 Å². The van der Waals surface area contributed by atoms with Gasteiger partial charge in [-0.15, -0.1) is 0 Å². The predicted molar refractivity (Wildman–Crippen MR) is 45.3 cm³/mol. The molecule has 0 aliphatic carbocycles. The standard InChI is InChI=1S/C8H10S/c1-9(2)8-6-4-3-5-7-8/h3-7H,1H2,2H3. The van der Waals surface area contributed by atoms with Gasteiger partial charge < -0.3 is 0 Å². The van der Waals surface area contributed by atoms with Gasteiger partial charge in [0.15, 0.2) is 0 Å². The van der Waals surface area contributed by atoms with Gasteiger partial charge in [0.05, 0.1) is 0 Å². The lowest BCUT2D eigenvalue weighted by Crippen LogP contribution is -1.67. The maximum Gasteiger partial charge on any atom is 0.000852 e. The van der Waals surface area contributed by atoms with Gasteiger partial charge in [0.25, 0.3) is 0 Å². The SMILES string of the molecule is C=S(C)c1ccccc1. The van der Waals surface area contributed by atoms with Gasteiger partial charge in [-0.05, 0) is 18.4 Å². The molecule has 1 aromatic rings. The summed E-state index contributed by atoms with van der Waals surface area (Å²) in [5.41, 5.74) is 0. The molecule has 1 heteroatoms. The molecule has 0 aromatic heterocycles. The molecule has 0 spiro atoms. The van der Waals surface area contributed by atoms with Crippen LogP contribution in [0.2, 0.25) is 0 Å². The zero-order chi connectivity index (χ0) is 6.69. The van der Waals surface area contributed by atoms with E-state index in [9.17, 15) is 0 Å². The minimum atomic E-state index is 0.171. The van der Waals surface area contributed by atoms with Crippen molar-refractivity contribution in [3.8, 4) is 0 Å². The van der Waals surface area contributed by atoms with Crippen LogP contribution in [-0.2, 0) is 0 Å². The first kappa shape index (κ1) is 6.56. The Morgan fingerprint density at radius 2 is 1.78 bits per heavy atom. The Morgan fingerprint density at radius 3 is 2.11 bits per heavy atom. The minimum absolute atomic E-state index is 0.171. The molecular weight excluding hydrogens is 128 g/mol. The molecule has 0 aliphatic heterocycles. The van der Waals surface area contributed by atoms with Crippen molar-refractivity contribution in [3.05, 3.63) is 30.3 Å². The molecule has 0 radical (unpaired) electrons. The van der Waals surface area contributed by atoms with Crippen molar-refractivity contribution in [2.24, 2.45) is 0 Å². The van der Waals surface area contributed by atoms with E-state index in [1.807, 2.05) is 18.2 Å². The van der Waals surface area contributed by atoms with E-state index in [1.54, 1.807) is 0 Å². The largest absolute Gasteiger partial charge is 0.165 e. The highest BCUT2D eigenvalue weighted by molar-refractivity contribution is 8.13. The number of rotatable bonds is 1. The number of hydrogen-bond donors (Lipinski definition) is 0. The van der Waals surface area contributed by atoms with Crippen LogP contribution in [0.5, 0.6) is 0 Å². The predicted octanol–water partition coefficient (Wildman–Crippen LogP) is 2.38. The molecule has 0 saturated carbocycles. The zero-order valence-corrected chi connectivity index (χ0v) is 6.32. The zero-order valence-electron chi connectivity index (χ0n) is 5.50. The quantitative estimate of drug-likeness (QED) is 0.523. The molecule has 48 valence electrons. The molecule has 0 amide bonds. The van der Waals surface area contributed by atoms with Gasteiger partial charge in [-0.3, -0.25) is 0 Å². The highest BCUT2D eigenvalue weighted by Gasteiger charge is 1.84. The van der Waals surface area contributed by atoms with E-state index in [2.05, 4.69) is 24.3 Å². The van der Waals surface area contributed by atoms with E-state index in [0.717, 1.165) is 0 Å². The van der Waals surface area contributed by atoms with Gasteiger partial charge in [-0.25, -0.2) is 0 Å². The smallest absolute Gasteiger partial charge is 0.000852 e. The van der Waals surface area contributed by atoms with Gasteiger partial charge >= 0.3 is 0 Å². The summed E-state index contributed by atoms with van der Waals surface area (Å²) in [4.78, 5) is 1.33. The second kappa shape index (κ2) is 2.83. The maximum atomic E-state index is 3.94. The molecule has 1 rings (SSSR count). The molecule has 0 N–H and O–H groups in total. The lowest BCUT2D eigenvalue weighted by atomic mass is 10.4. The molecule has 0 nitrogen and oxygen atoms in total. The summed E-state index contributed by atoms with van der Waals surface area (Å²) in [6.45, 7) is 0. The number of hydrogen-bond acceptors (Lipinski definition) is 0. The van der Waals surface area contributed by atoms with Gasteiger partial charge in [0, 0.05) is 4.90 Å².